The number of benzene rings is 1. The standard InChI is InChI=1S/C14H16O5/c1-14(2)6-10-5-9(3-4-12(10)19-14)11(15)7-18-8-13(16)17/h3-5H,6-8H2,1-2H3,(H,16,17). The summed E-state index contributed by atoms with van der Waals surface area (Å²) in [7, 11) is 0. The van der Waals surface area contributed by atoms with Crippen LogP contribution in [0.2, 0.25) is 0 Å². The van der Waals surface area contributed by atoms with Gasteiger partial charge in [-0.15, -0.1) is 0 Å². The third-order valence-corrected chi connectivity index (χ3v) is 2.84. The average molecular weight is 264 g/mol. The van der Waals surface area contributed by atoms with Gasteiger partial charge in [-0.05, 0) is 37.6 Å². The number of rotatable bonds is 5. The normalized spacial score (nSPS) is 15.7. The van der Waals surface area contributed by atoms with Crippen LogP contribution in [0.5, 0.6) is 5.75 Å². The zero-order valence-electron chi connectivity index (χ0n) is 10.9. The first-order valence-electron chi connectivity index (χ1n) is 6.02. The zero-order valence-corrected chi connectivity index (χ0v) is 10.9. The van der Waals surface area contributed by atoms with Crippen LogP contribution < -0.4 is 4.74 Å². The van der Waals surface area contributed by atoms with Gasteiger partial charge in [0.15, 0.2) is 5.78 Å². The highest BCUT2D eigenvalue weighted by molar-refractivity contribution is 5.97. The lowest BCUT2D eigenvalue weighted by Crippen LogP contribution is -2.24. The fraction of sp³-hybridized carbons (Fsp3) is 0.429. The van der Waals surface area contributed by atoms with Gasteiger partial charge in [0.2, 0.25) is 0 Å². The van der Waals surface area contributed by atoms with E-state index in [0.29, 0.717) is 5.56 Å². The number of carboxylic acid groups (broad SMARTS) is 1. The lowest BCUT2D eigenvalue weighted by molar-refractivity contribution is -0.141. The number of carbonyl (C=O) groups is 2. The van der Waals surface area contributed by atoms with Crippen LogP contribution in [0, 0.1) is 0 Å². The van der Waals surface area contributed by atoms with E-state index in [-0.39, 0.29) is 18.0 Å². The molecule has 0 atom stereocenters. The summed E-state index contributed by atoms with van der Waals surface area (Å²) >= 11 is 0. The maximum Gasteiger partial charge on any atom is 0.329 e. The van der Waals surface area contributed by atoms with Crippen LogP contribution >= 0.6 is 0 Å². The molecule has 1 aliphatic rings. The molecule has 0 saturated carbocycles. The van der Waals surface area contributed by atoms with Crippen LogP contribution in [0.25, 0.3) is 0 Å². The maximum absolute atomic E-state index is 11.8. The molecular weight excluding hydrogens is 248 g/mol. The van der Waals surface area contributed by atoms with Crippen LogP contribution in [-0.4, -0.2) is 35.7 Å². The summed E-state index contributed by atoms with van der Waals surface area (Å²) in [6, 6.07) is 5.23. The number of ketones is 1. The zero-order chi connectivity index (χ0) is 14.0. The second-order valence-corrected chi connectivity index (χ2v) is 5.17. The van der Waals surface area contributed by atoms with E-state index in [1.165, 1.54) is 0 Å². The van der Waals surface area contributed by atoms with Crippen molar-refractivity contribution in [1.82, 2.24) is 0 Å². The Hall–Kier alpha value is -1.88. The first-order chi connectivity index (χ1) is 8.87. The van der Waals surface area contributed by atoms with Crippen molar-refractivity contribution in [2.24, 2.45) is 0 Å². The minimum Gasteiger partial charge on any atom is -0.487 e. The molecule has 1 N–H and O–H groups in total. The van der Waals surface area contributed by atoms with Gasteiger partial charge in [-0.1, -0.05) is 0 Å². The largest absolute Gasteiger partial charge is 0.487 e. The molecule has 0 amide bonds. The molecule has 0 radical (unpaired) electrons. The quantitative estimate of drug-likeness (QED) is 0.819. The van der Waals surface area contributed by atoms with Crippen molar-refractivity contribution in [2.45, 2.75) is 25.9 Å². The molecule has 1 aromatic carbocycles. The molecule has 1 aromatic rings. The van der Waals surface area contributed by atoms with Crippen LogP contribution in [0.15, 0.2) is 18.2 Å². The summed E-state index contributed by atoms with van der Waals surface area (Å²) in [5.74, 6) is -0.515. The Labute approximate surface area is 111 Å². The molecule has 0 fully saturated rings. The molecule has 0 bridgehead atoms. The summed E-state index contributed by atoms with van der Waals surface area (Å²) in [5, 5.41) is 8.43. The van der Waals surface area contributed by atoms with Crippen molar-refractivity contribution >= 4 is 11.8 Å². The van der Waals surface area contributed by atoms with E-state index in [1.54, 1.807) is 18.2 Å². The summed E-state index contributed by atoms with van der Waals surface area (Å²) in [6.07, 6.45) is 0.749. The van der Waals surface area contributed by atoms with Crippen LogP contribution in [0.4, 0.5) is 0 Å². The van der Waals surface area contributed by atoms with Crippen molar-refractivity contribution in [3.8, 4) is 5.75 Å². The Morgan fingerprint density at radius 2 is 2.11 bits per heavy atom. The van der Waals surface area contributed by atoms with Gasteiger partial charge in [0, 0.05) is 12.0 Å². The molecule has 5 nitrogen and oxygen atoms in total. The van der Waals surface area contributed by atoms with Crippen LogP contribution in [0.1, 0.15) is 29.8 Å². The number of hydrogen-bond donors (Lipinski definition) is 1. The third kappa shape index (κ3) is 3.32. The van der Waals surface area contributed by atoms with E-state index in [0.717, 1.165) is 17.7 Å². The highest BCUT2D eigenvalue weighted by Crippen LogP contribution is 2.35. The molecule has 0 aliphatic carbocycles. The first-order valence-corrected chi connectivity index (χ1v) is 6.02. The monoisotopic (exact) mass is 264 g/mol. The van der Waals surface area contributed by atoms with Crippen molar-refractivity contribution in [2.75, 3.05) is 13.2 Å². The van der Waals surface area contributed by atoms with Gasteiger partial charge in [-0.3, -0.25) is 4.79 Å². The van der Waals surface area contributed by atoms with Gasteiger partial charge >= 0.3 is 5.97 Å². The molecule has 0 saturated heterocycles. The third-order valence-electron chi connectivity index (χ3n) is 2.84. The smallest absolute Gasteiger partial charge is 0.329 e. The van der Waals surface area contributed by atoms with Gasteiger partial charge in [0.25, 0.3) is 0 Å². The fourth-order valence-electron chi connectivity index (χ4n) is 2.10. The number of Topliss-reactive ketones (excluding diaryl/α,β-unsaturated/α-hetero) is 1. The Bertz CT molecular complexity index is 519. The molecule has 0 unspecified atom stereocenters. The number of aliphatic carboxylic acids is 1. The van der Waals surface area contributed by atoms with E-state index in [1.807, 2.05) is 13.8 Å². The lowest BCUT2D eigenvalue weighted by atomic mass is 9.99. The van der Waals surface area contributed by atoms with Gasteiger partial charge in [-0.25, -0.2) is 4.79 Å². The van der Waals surface area contributed by atoms with E-state index >= 15 is 0 Å². The molecule has 102 valence electrons. The number of ether oxygens (including phenoxy) is 2. The molecule has 5 heteroatoms. The number of hydrogen-bond acceptors (Lipinski definition) is 4. The van der Waals surface area contributed by atoms with Crippen molar-refractivity contribution < 1.29 is 24.2 Å². The number of fused-ring (bicyclic) bond motifs is 1. The highest BCUT2D eigenvalue weighted by atomic mass is 16.5. The highest BCUT2D eigenvalue weighted by Gasteiger charge is 2.30. The summed E-state index contributed by atoms with van der Waals surface area (Å²) in [4.78, 5) is 22.1. The second kappa shape index (κ2) is 5.01. The van der Waals surface area contributed by atoms with Crippen LogP contribution in [-0.2, 0) is 16.0 Å². The minimum absolute atomic E-state index is 0.227. The molecular formula is C14H16O5. The van der Waals surface area contributed by atoms with E-state index < -0.39 is 12.6 Å². The summed E-state index contributed by atoms with van der Waals surface area (Å²) < 4.78 is 10.5. The summed E-state index contributed by atoms with van der Waals surface area (Å²) in [6.45, 7) is 3.29. The number of carboxylic acids is 1. The molecule has 0 spiro atoms. The Kier molecular flexibility index (Phi) is 3.57. The summed E-state index contributed by atoms with van der Waals surface area (Å²) in [5.41, 5.74) is 1.27. The van der Waals surface area contributed by atoms with Crippen molar-refractivity contribution in [3.05, 3.63) is 29.3 Å². The molecule has 1 heterocycles. The topological polar surface area (TPSA) is 72.8 Å². The predicted molar refractivity (Wildman–Crippen MR) is 67.6 cm³/mol. The van der Waals surface area contributed by atoms with E-state index in [4.69, 9.17) is 14.6 Å². The Morgan fingerprint density at radius 1 is 1.37 bits per heavy atom. The maximum atomic E-state index is 11.8. The van der Waals surface area contributed by atoms with Gasteiger partial charge in [0.05, 0.1) is 0 Å². The molecule has 2 rings (SSSR count). The van der Waals surface area contributed by atoms with E-state index in [2.05, 4.69) is 0 Å². The molecule has 1 aliphatic heterocycles. The predicted octanol–water partition coefficient (Wildman–Crippen LogP) is 1.68. The Morgan fingerprint density at radius 3 is 2.79 bits per heavy atom. The van der Waals surface area contributed by atoms with Crippen molar-refractivity contribution in [1.29, 1.82) is 0 Å². The van der Waals surface area contributed by atoms with Gasteiger partial charge in [-0.2, -0.15) is 0 Å². The average Bonchev–Trinajstić information content (AvgIpc) is 2.60. The lowest BCUT2D eigenvalue weighted by Gasteiger charge is -2.16. The van der Waals surface area contributed by atoms with Gasteiger partial charge in [0.1, 0.15) is 24.6 Å². The van der Waals surface area contributed by atoms with Crippen molar-refractivity contribution in [3.63, 3.8) is 0 Å². The fourth-order valence-corrected chi connectivity index (χ4v) is 2.10. The van der Waals surface area contributed by atoms with E-state index in [9.17, 15) is 9.59 Å². The second-order valence-electron chi connectivity index (χ2n) is 5.17. The first kappa shape index (κ1) is 13.5. The minimum atomic E-state index is -1.09. The SMILES string of the molecule is CC1(C)Cc2cc(C(=O)COCC(=O)O)ccc2O1. The number of carbonyl (C=O) groups excluding carboxylic acids is 1. The van der Waals surface area contributed by atoms with Crippen LogP contribution in [0.3, 0.4) is 0 Å². The van der Waals surface area contributed by atoms with Gasteiger partial charge < -0.3 is 14.6 Å². The Balaban J connectivity index is 2.03. The molecule has 19 heavy (non-hydrogen) atoms. The molecule has 0 aromatic heterocycles.